The molecule has 0 unspecified atom stereocenters. The summed E-state index contributed by atoms with van der Waals surface area (Å²) >= 11 is 5.50. The maximum absolute atomic E-state index is 10.6. The molecule has 0 saturated carbocycles. The molecule has 0 aromatic carbocycles. The van der Waals surface area contributed by atoms with Crippen molar-refractivity contribution in [1.29, 1.82) is 0 Å². The summed E-state index contributed by atoms with van der Waals surface area (Å²) in [6.45, 7) is 0. The lowest BCUT2D eigenvalue weighted by Crippen LogP contribution is -2.33. The van der Waals surface area contributed by atoms with Crippen molar-refractivity contribution in [1.82, 2.24) is 4.98 Å². The molecule has 0 aliphatic rings. The van der Waals surface area contributed by atoms with Crippen LogP contribution in [0.3, 0.4) is 0 Å². The van der Waals surface area contributed by atoms with Gasteiger partial charge in [-0.05, 0) is 0 Å². The average molecular weight is 173 g/mol. The highest BCUT2D eigenvalue weighted by Gasteiger charge is 2.14. The van der Waals surface area contributed by atoms with E-state index in [2.05, 4.69) is 4.98 Å². The Labute approximate surface area is 67.6 Å². The molecule has 0 radical (unpaired) electrons. The van der Waals surface area contributed by atoms with Crippen LogP contribution in [0.1, 0.15) is 0 Å². The minimum Gasteiger partial charge on any atom is -0.423 e. The maximum Gasteiger partial charge on any atom is 0.490 e. The van der Waals surface area contributed by atoms with Crippen LogP contribution in [0, 0.1) is 0 Å². The van der Waals surface area contributed by atoms with E-state index in [4.69, 9.17) is 21.6 Å². The van der Waals surface area contributed by atoms with Gasteiger partial charge in [-0.15, -0.1) is 0 Å². The number of halogens is 1. The first-order chi connectivity index (χ1) is 5.11. The number of H-pyrrole nitrogens is 1. The van der Waals surface area contributed by atoms with Gasteiger partial charge < -0.3 is 15.0 Å². The fraction of sp³-hybridized carbons (Fsp3) is 0. The van der Waals surface area contributed by atoms with E-state index in [1.807, 2.05) is 0 Å². The number of aromatic nitrogens is 1. The Hall–Kier alpha value is -0.775. The van der Waals surface area contributed by atoms with E-state index >= 15 is 0 Å². The van der Waals surface area contributed by atoms with Gasteiger partial charge in [-0.3, -0.25) is 4.79 Å². The summed E-state index contributed by atoms with van der Waals surface area (Å²) in [5.41, 5.74) is -0.409. The molecule has 6 heteroatoms. The second-order valence-electron chi connectivity index (χ2n) is 1.97. The zero-order valence-corrected chi connectivity index (χ0v) is 6.17. The van der Waals surface area contributed by atoms with Gasteiger partial charge in [0.05, 0.1) is 5.02 Å². The lowest BCUT2D eigenvalue weighted by Gasteiger charge is -1.99. The number of hydrogen-bond acceptors (Lipinski definition) is 3. The Morgan fingerprint density at radius 3 is 2.64 bits per heavy atom. The molecule has 3 N–H and O–H groups in total. The second kappa shape index (κ2) is 3.08. The SMILES string of the molecule is O=c1cc(B(O)O)c(Cl)c[nH]1. The molecule has 0 atom stereocenters. The lowest BCUT2D eigenvalue weighted by atomic mass is 9.81. The number of rotatable bonds is 1. The van der Waals surface area contributed by atoms with E-state index in [1.165, 1.54) is 6.20 Å². The molecule has 1 heterocycles. The molecular weight excluding hydrogens is 168 g/mol. The van der Waals surface area contributed by atoms with Crippen molar-refractivity contribution in [2.24, 2.45) is 0 Å². The molecule has 58 valence electrons. The van der Waals surface area contributed by atoms with E-state index in [1.54, 1.807) is 0 Å². The quantitative estimate of drug-likeness (QED) is 0.463. The normalized spacial score (nSPS) is 9.73. The van der Waals surface area contributed by atoms with E-state index in [0.717, 1.165) is 6.07 Å². The number of nitrogens with one attached hydrogen (secondary N) is 1. The fourth-order valence-electron chi connectivity index (χ4n) is 0.668. The van der Waals surface area contributed by atoms with Crippen molar-refractivity contribution in [3.63, 3.8) is 0 Å². The molecule has 0 amide bonds. The monoisotopic (exact) mass is 173 g/mol. The van der Waals surface area contributed by atoms with Crippen LogP contribution in [0.5, 0.6) is 0 Å². The number of pyridine rings is 1. The summed E-state index contributed by atoms with van der Waals surface area (Å²) in [7, 11) is -1.70. The van der Waals surface area contributed by atoms with E-state index < -0.39 is 12.7 Å². The van der Waals surface area contributed by atoms with Crippen LogP contribution in [-0.2, 0) is 0 Å². The summed E-state index contributed by atoms with van der Waals surface area (Å²) in [4.78, 5) is 12.9. The van der Waals surface area contributed by atoms with Gasteiger partial charge in [0, 0.05) is 17.7 Å². The van der Waals surface area contributed by atoms with Crippen molar-refractivity contribution >= 4 is 24.2 Å². The van der Waals surface area contributed by atoms with Gasteiger partial charge in [0.25, 0.3) is 0 Å². The molecule has 1 rings (SSSR count). The molecule has 0 aliphatic heterocycles. The maximum atomic E-state index is 10.6. The van der Waals surface area contributed by atoms with Gasteiger partial charge in [-0.25, -0.2) is 0 Å². The predicted octanol–water partition coefficient (Wildman–Crippen LogP) is -1.29. The fourth-order valence-corrected chi connectivity index (χ4v) is 0.874. The van der Waals surface area contributed by atoms with Gasteiger partial charge in [-0.1, -0.05) is 11.6 Å². The first-order valence-electron chi connectivity index (χ1n) is 2.85. The predicted molar refractivity (Wildman–Crippen MR) is 41.9 cm³/mol. The van der Waals surface area contributed by atoms with Crippen LogP contribution < -0.4 is 11.0 Å². The standard InChI is InChI=1S/C5H5BClNO3/c7-4-2-8-5(9)1-3(4)6(10)11/h1-2,10-11H,(H,8,9). The van der Waals surface area contributed by atoms with Crippen LogP contribution in [0.4, 0.5) is 0 Å². The highest BCUT2D eigenvalue weighted by molar-refractivity contribution is 6.62. The molecule has 0 bridgehead atoms. The highest BCUT2D eigenvalue weighted by Crippen LogP contribution is 1.98. The molecule has 0 aliphatic carbocycles. The van der Waals surface area contributed by atoms with E-state index in [-0.39, 0.29) is 10.5 Å². The molecule has 0 fully saturated rings. The molecular formula is C5H5BClNO3. The van der Waals surface area contributed by atoms with Gasteiger partial charge in [-0.2, -0.15) is 0 Å². The second-order valence-corrected chi connectivity index (χ2v) is 2.38. The number of aromatic amines is 1. The first kappa shape index (κ1) is 8.32. The minimum absolute atomic E-state index is 0.00965. The third-order valence-corrected chi connectivity index (χ3v) is 1.51. The van der Waals surface area contributed by atoms with Gasteiger partial charge in [0.15, 0.2) is 0 Å². The number of hydrogen-bond donors (Lipinski definition) is 3. The summed E-state index contributed by atoms with van der Waals surface area (Å²) in [5.74, 6) is 0. The van der Waals surface area contributed by atoms with Gasteiger partial charge in [0.1, 0.15) is 0 Å². The Bertz CT molecular complexity index is 311. The zero-order valence-electron chi connectivity index (χ0n) is 5.41. The van der Waals surface area contributed by atoms with Crippen molar-refractivity contribution in [2.75, 3.05) is 0 Å². The summed E-state index contributed by atoms with van der Waals surface area (Å²) in [5, 5.41) is 17.4. The van der Waals surface area contributed by atoms with Crippen molar-refractivity contribution in [3.05, 3.63) is 27.6 Å². The molecule has 1 aromatic heterocycles. The van der Waals surface area contributed by atoms with E-state index in [9.17, 15) is 4.79 Å². The molecule has 0 spiro atoms. The van der Waals surface area contributed by atoms with Crippen molar-refractivity contribution < 1.29 is 10.0 Å². The van der Waals surface area contributed by atoms with Crippen molar-refractivity contribution in [3.8, 4) is 0 Å². The molecule has 4 nitrogen and oxygen atoms in total. The molecule has 0 saturated heterocycles. The Kier molecular flexibility index (Phi) is 2.33. The molecule has 1 aromatic rings. The average Bonchev–Trinajstić information content (AvgIpc) is 1.94. The van der Waals surface area contributed by atoms with Crippen molar-refractivity contribution in [2.45, 2.75) is 0 Å². The Morgan fingerprint density at radius 2 is 2.18 bits per heavy atom. The zero-order chi connectivity index (χ0) is 8.43. The highest BCUT2D eigenvalue weighted by atomic mass is 35.5. The summed E-state index contributed by atoms with van der Waals surface area (Å²) in [6, 6.07) is 1.03. The van der Waals surface area contributed by atoms with Crippen LogP contribution in [-0.4, -0.2) is 22.2 Å². The Balaban J connectivity index is 3.23. The smallest absolute Gasteiger partial charge is 0.423 e. The Morgan fingerprint density at radius 1 is 1.55 bits per heavy atom. The van der Waals surface area contributed by atoms with Crippen LogP contribution >= 0.6 is 11.6 Å². The van der Waals surface area contributed by atoms with Crippen LogP contribution in [0.15, 0.2) is 17.1 Å². The third-order valence-electron chi connectivity index (χ3n) is 1.18. The van der Waals surface area contributed by atoms with Gasteiger partial charge >= 0.3 is 7.12 Å². The van der Waals surface area contributed by atoms with E-state index in [0.29, 0.717) is 0 Å². The lowest BCUT2D eigenvalue weighted by molar-refractivity contribution is 0.425. The summed E-state index contributed by atoms with van der Waals surface area (Å²) in [6.07, 6.45) is 1.21. The minimum atomic E-state index is -1.70. The topological polar surface area (TPSA) is 73.3 Å². The van der Waals surface area contributed by atoms with Crippen LogP contribution in [0.2, 0.25) is 5.02 Å². The molecule has 11 heavy (non-hydrogen) atoms. The first-order valence-corrected chi connectivity index (χ1v) is 3.23. The largest absolute Gasteiger partial charge is 0.490 e. The van der Waals surface area contributed by atoms with Crippen LogP contribution in [0.25, 0.3) is 0 Å². The van der Waals surface area contributed by atoms with Gasteiger partial charge in [0.2, 0.25) is 5.56 Å². The third kappa shape index (κ3) is 1.83. The summed E-state index contributed by atoms with van der Waals surface area (Å²) < 4.78 is 0.